The maximum Gasteiger partial charge on any atom is 0.220 e. The summed E-state index contributed by atoms with van der Waals surface area (Å²) in [4.78, 5) is 14.3. The summed E-state index contributed by atoms with van der Waals surface area (Å²) in [5, 5.41) is 6.64. The molecule has 2 heterocycles. The third-order valence-electron chi connectivity index (χ3n) is 4.46. The first-order valence-electron chi connectivity index (χ1n) is 7.38. The van der Waals surface area contributed by atoms with Gasteiger partial charge in [-0.05, 0) is 52.6 Å². The van der Waals surface area contributed by atoms with Crippen LogP contribution in [-0.2, 0) is 4.79 Å². The van der Waals surface area contributed by atoms with Crippen LogP contribution in [0.2, 0.25) is 0 Å². The lowest BCUT2D eigenvalue weighted by atomic mass is 9.98. The zero-order chi connectivity index (χ0) is 13.0. The minimum atomic E-state index is 0. The highest BCUT2D eigenvalue weighted by molar-refractivity contribution is 5.85. The average molecular weight is 326 g/mol. The average Bonchev–Trinajstić information content (AvgIpc) is 2.84. The molecule has 2 rings (SSSR count). The van der Waals surface area contributed by atoms with Crippen molar-refractivity contribution in [2.75, 3.05) is 20.1 Å². The summed E-state index contributed by atoms with van der Waals surface area (Å²) in [6.45, 7) is 4.45. The Morgan fingerprint density at radius 2 is 2.10 bits per heavy atom. The summed E-state index contributed by atoms with van der Waals surface area (Å²) in [5.41, 5.74) is 0. The molecular weight excluding hydrogens is 297 g/mol. The van der Waals surface area contributed by atoms with E-state index in [-0.39, 0.29) is 30.7 Å². The van der Waals surface area contributed by atoms with Gasteiger partial charge in [0.25, 0.3) is 0 Å². The molecule has 3 atom stereocenters. The van der Waals surface area contributed by atoms with E-state index in [1.165, 1.54) is 12.8 Å². The van der Waals surface area contributed by atoms with Crippen molar-refractivity contribution in [2.45, 2.75) is 63.6 Å². The zero-order valence-corrected chi connectivity index (χ0v) is 14.2. The molecule has 2 aliphatic heterocycles. The molecule has 0 saturated carbocycles. The normalized spacial score (nSPS) is 30.2. The van der Waals surface area contributed by atoms with Gasteiger partial charge in [-0.25, -0.2) is 0 Å². The SMILES string of the molecule is CC1CC(NC(=O)CCC2CCCN2)CCN1C.Cl.Cl. The quantitative estimate of drug-likeness (QED) is 0.830. The smallest absolute Gasteiger partial charge is 0.220 e. The van der Waals surface area contributed by atoms with Crippen LogP contribution in [0.25, 0.3) is 0 Å². The highest BCUT2D eigenvalue weighted by Crippen LogP contribution is 2.16. The number of rotatable bonds is 4. The molecule has 0 aromatic carbocycles. The van der Waals surface area contributed by atoms with Crippen molar-refractivity contribution in [3.63, 3.8) is 0 Å². The minimum Gasteiger partial charge on any atom is -0.353 e. The summed E-state index contributed by atoms with van der Waals surface area (Å²) in [5.74, 6) is 0.241. The topological polar surface area (TPSA) is 44.4 Å². The Hall–Kier alpha value is -0.0300. The van der Waals surface area contributed by atoms with Crippen LogP contribution in [0.1, 0.15) is 45.4 Å². The Kier molecular flexibility index (Phi) is 9.81. The molecule has 6 heteroatoms. The third-order valence-corrected chi connectivity index (χ3v) is 4.46. The van der Waals surface area contributed by atoms with Gasteiger partial charge in [-0.2, -0.15) is 0 Å². The maximum absolute atomic E-state index is 11.9. The van der Waals surface area contributed by atoms with E-state index in [0.717, 1.165) is 32.4 Å². The first-order valence-corrected chi connectivity index (χ1v) is 7.38. The Balaban J connectivity index is 0.00000180. The summed E-state index contributed by atoms with van der Waals surface area (Å²) < 4.78 is 0. The molecule has 2 saturated heterocycles. The molecule has 2 N–H and O–H groups in total. The van der Waals surface area contributed by atoms with Gasteiger partial charge in [0.2, 0.25) is 5.91 Å². The van der Waals surface area contributed by atoms with Crippen LogP contribution in [0, 0.1) is 0 Å². The van der Waals surface area contributed by atoms with E-state index in [0.29, 0.717) is 24.5 Å². The molecule has 2 fully saturated rings. The van der Waals surface area contributed by atoms with E-state index in [1.54, 1.807) is 0 Å². The van der Waals surface area contributed by atoms with Crippen molar-refractivity contribution >= 4 is 30.7 Å². The Morgan fingerprint density at radius 3 is 2.70 bits per heavy atom. The lowest BCUT2D eigenvalue weighted by molar-refractivity contribution is -0.122. The molecule has 0 aliphatic carbocycles. The van der Waals surface area contributed by atoms with Gasteiger partial charge < -0.3 is 15.5 Å². The number of amides is 1. The largest absolute Gasteiger partial charge is 0.353 e. The number of carbonyl (C=O) groups is 1. The molecular formula is C14H29Cl2N3O. The highest BCUT2D eigenvalue weighted by Gasteiger charge is 2.24. The van der Waals surface area contributed by atoms with Gasteiger partial charge in [-0.3, -0.25) is 4.79 Å². The van der Waals surface area contributed by atoms with Crippen molar-refractivity contribution in [1.29, 1.82) is 0 Å². The number of hydrogen-bond donors (Lipinski definition) is 2. The number of hydrogen-bond acceptors (Lipinski definition) is 3. The fraction of sp³-hybridized carbons (Fsp3) is 0.929. The van der Waals surface area contributed by atoms with Crippen molar-refractivity contribution in [2.24, 2.45) is 0 Å². The van der Waals surface area contributed by atoms with Gasteiger partial charge in [0.1, 0.15) is 0 Å². The second-order valence-electron chi connectivity index (χ2n) is 5.95. The predicted molar refractivity (Wildman–Crippen MR) is 88.0 cm³/mol. The van der Waals surface area contributed by atoms with Crippen LogP contribution in [-0.4, -0.2) is 49.1 Å². The van der Waals surface area contributed by atoms with E-state index in [1.807, 2.05) is 0 Å². The van der Waals surface area contributed by atoms with Gasteiger partial charge in [-0.15, -0.1) is 24.8 Å². The van der Waals surface area contributed by atoms with Gasteiger partial charge >= 0.3 is 0 Å². The van der Waals surface area contributed by atoms with Gasteiger partial charge in [0.15, 0.2) is 0 Å². The molecule has 2 aliphatic rings. The van der Waals surface area contributed by atoms with Crippen LogP contribution in [0.3, 0.4) is 0 Å². The number of halogens is 2. The summed E-state index contributed by atoms with van der Waals surface area (Å²) in [6, 6.07) is 1.55. The van der Waals surface area contributed by atoms with Crippen molar-refractivity contribution in [3.05, 3.63) is 0 Å². The third kappa shape index (κ3) is 6.17. The lowest BCUT2D eigenvalue weighted by Crippen LogP contribution is -2.47. The van der Waals surface area contributed by atoms with Crippen LogP contribution >= 0.6 is 24.8 Å². The summed E-state index contributed by atoms with van der Waals surface area (Å²) >= 11 is 0. The van der Waals surface area contributed by atoms with Gasteiger partial charge in [0.05, 0.1) is 0 Å². The second-order valence-corrected chi connectivity index (χ2v) is 5.95. The van der Waals surface area contributed by atoms with Crippen molar-refractivity contribution in [3.8, 4) is 0 Å². The Morgan fingerprint density at radius 1 is 1.35 bits per heavy atom. The molecule has 1 amide bonds. The number of nitrogens with zero attached hydrogens (tertiary/aromatic N) is 1. The maximum atomic E-state index is 11.9. The van der Waals surface area contributed by atoms with Crippen LogP contribution in [0.4, 0.5) is 0 Å². The molecule has 0 spiro atoms. The van der Waals surface area contributed by atoms with Crippen LogP contribution in [0.15, 0.2) is 0 Å². The van der Waals surface area contributed by atoms with Crippen LogP contribution in [0.5, 0.6) is 0 Å². The van der Waals surface area contributed by atoms with Crippen molar-refractivity contribution in [1.82, 2.24) is 15.5 Å². The molecule has 3 unspecified atom stereocenters. The highest BCUT2D eigenvalue weighted by atomic mass is 35.5. The molecule has 4 nitrogen and oxygen atoms in total. The van der Waals surface area contributed by atoms with E-state index in [4.69, 9.17) is 0 Å². The molecule has 0 aromatic heterocycles. The fourth-order valence-corrected chi connectivity index (χ4v) is 3.03. The molecule has 120 valence electrons. The molecule has 20 heavy (non-hydrogen) atoms. The van der Waals surface area contributed by atoms with Crippen LogP contribution < -0.4 is 10.6 Å². The number of nitrogens with one attached hydrogen (secondary N) is 2. The van der Waals surface area contributed by atoms with Crippen molar-refractivity contribution < 1.29 is 4.79 Å². The van der Waals surface area contributed by atoms with E-state index < -0.39 is 0 Å². The number of likely N-dealkylation sites (tertiary alicyclic amines) is 1. The Labute approximate surface area is 135 Å². The van der Waals surface area contributed by atoms with Gasteiger partial charge in [-0.1, -0.05) is 0 Å². The molecule has 0 aromatic rings. The fourth-order valence-electron chi connectivity index (χ4n) is 3.03. The predicted octanol–water partition coefficient (Wildman–Crippen LogP) is 1.96. The van der Waals surface area contributed by atoms with E-state index in [2.05, 4.69) is 29.5 Å². The zero-order valence-electron chi connectivity index (χ0n) is 12.6. The summed E-state index contributed by atoms with van der Waals surface area (Å²) in [7, 11) is 2.16. The lowest BCUT2D eigenvalue weighted by Gasteiger charge is -2.35. The van der Waals surface area contributed by atoms with Gasteiger partial charge in [0, 0.05) is 31.1 Å². The Bertz CT molecular complexity index is 286. The number of piperidine rings is 1. The molecule has 0 bridgehead atoms. The first kappa shape index (κ1) is 20.0. The first-order chi connectivity index (χ1) is 8.65. The minimum absolute atomic E-state index is 0. The standard InChI is InChI=1S/C14H27N3O.2ClH/c1-11-10-13(7-9-17(11)2)16-14(18)6-5-12-4-3-8-15-12;;/h11-13,15H,3-10H2,1-2H3,(H,16,18);2*1H. The monoisotopic (exact) mass is 325 g/mol. The second kappa shape index (κ2) is 9.82. The summed E-state index contributed by atoms with van der Waals surface area (Å²) in [6.07, 6.45) is 6.35. The van der Waals surface area contributed by atoms with E-state index in [9.17, 15) is 4.79 Å². The molecule has 0 radical (unpaired) electrons. The van der Waals surface area contributed by atoms with E-state index >= 15 is 0 Å². The number of carbonyl (C=O) groups excluding carboxylic acids is 1.